The van der Waals surface area contributed by atoms with Crippen LogP contribution in [0.15, 0.2) is 66.7 Å². The van der Waals surface area contributed by atoms with E-state index < -0.39 is 11.6 Å². The molecule has 40 heavy (non-hydrogen) atoms. The highest BCUT2D eigenvalue weighted by Gasteiger charge is 2.31. The Morgan fingerprint density at radius 3 is 1.93 bits per heavy atom. The number of rotatable bonds is 8. The molecule has 5 rings (SSSR count). The quantitative estimate of drug-likeness (QED) is 0.255. The largest absolute Gasteiger partial charge is 0.494 e. The Balaban J connectivity index is 1.18. The number of hydrogen-bond donors (Lipinski definition) is 0. The summed E-state index contributed by atoms with van der Waals surface area (Å²) in [6.07, 6.45) is 17.4. The molecule has 2 fully saturated rings. The molecule has 0 saturated heterocycles. The molecule has 0 bridgehead atoms. The maximum absolute atomic E-state index is 15.3. The lowest BCUT2D eigenvalue weighted by molar-refractivity contribution is 0.157. The molecule has 4 heteroatoms. The lowest BCUT2D eigenvalue weighted by Gasteiger charge is -2.38. The normalized spacial score (nSPS) is 23.4. The van der Waals surface area contributed by atoms with Crippen LogP contribution in [0.2, 0.25) is 0 Å². The second-order valence-corrected chi connectivity index (χ2v) is 11.8. The maximum atomic E-state index is 15.3. The number of allylic oxidation sites excluding steroid dienone is 2. The minimum atomic E-state index is -1.01. The van der Waals surface area contributed by atoms with Crippen molar-refractivity contribution in [2.75, 3.05) is 7.11 Å². The first-order valence-electron chi connectivity index (χ1n) is 15.0. The SMILES string of the molecule is C/C=C/CCC1CCC(C2CCC(c3ccc(-c4ccc(-c5ccc(OC)c(F)c5F)cc4)c(F)c3)CC2)CC1. The van der Waals surface area contributed by atoms with Crippen LogP contribution in [0.5, 0.6) is 5.75 Å². The van der Waals surface area contributed by atoms with Gasteiger partial charge < -0.3 is 4.74 Å². The summed E-state index contributed by atoms with van der Waals surface area (Å²) in [6.45, 7) is 2.11. The van der Waals surface area contributed by atoms with Crippen molar-refractivity contribution >= 4 is 0 Å². The Labute approximate surface area is 237 Å². The standard InChI is InChI=1S/C36H41F3O/c1-3-4-5-6-24-7-9-25(10-8-24)26-11-13-27(14-12-26)30-19-20-31(33(37)23-30)28-15-17-29(18-16-28)32-21-22-34(40-2)36(39)35(32)38/h3-4,15-27H,5-14H2,1-2H3/b4-3+. The van der Waals surface area contributed by atoms with Crippen LogP contribution in [0.25, 0.3) is 22.3 Å². The molecule has 3 aromatic rings. The van der Waals surface area contributed by atoms with Gasteiger partial charge >= 0.3 is 0 Å². The Hall–Kier alpha value is -3.01. The number of hydrogen-bond acceptors (Lipinski definition) is 1. The fraction of sp³-hybridized carbons (Fsp3) is 0.444. The maximum Gasteiger partial charge on any atom is 0.201 e. The Morgan fingerprint density at radius 2 is 1.32 bits per heavy atom. The van der Waals surface area contributed by atoms with Crippen LogP contribution in [0.1, 0.15) is 82.6 Å². The van der Waals surface area contributed by atoms with Crippen LogP contribution >= 0.6 is 0 Å². The van der Waals surface area contributed by atoms with E-state index in [9.17, 15) is 8.78 Å². The van der Waals surface area contributed by atoms with E-state index in [-0.39, 0.29) is 17.1 Å². The van der Waals surface area contributed by atoms with Gasteiger partial charge in [0.15, 0.2) is 11.6 Å². The van der Waals surface area contributed by atoms with Crippen molar-refractivity contribution in [1.29, 1.82) is 0 Å². The highest BCUT2D eigenvalue weighted by atomic mass is 19.2. The number of ether oxygens (including phenoxy) is 1. The summed E-state index contributed by atoms with van der Waals surface area (Å²) < 4.78 is 48.8. The van der Waals surface area contributed by atoms with Gasteiger partial charge in [-0.1, -0.05) is 61.4 Å². The van der Waals surface area contributed by atoms with Gasteiger partial charge in [-0.15, -0.1) is 0 Å². The number of methoxy groups -OCH3 is 1. The van der Waals surface area contributed by atoms with Crippen molar-refractivity contribution < 1.29 is 17.9 Å². The molecule has 0 heterocycles. The van der Waals surface area contributed by atoms with Crippen LogP contribution in [0.3, 0.4) is 0 Å². The molecule has 212 valence electrons. The zero-order valence-electron chi connectivity index (χ0n) is 23.8. The van der Waals surface area contributed by atoms with E-state index in [0.29, 0.717) is 22.6 Å². The molecule has 0 spiro atoms. The molecule has 3 aromatic carbocycles. The van der Waals surface area contributed by atoms with Gasteiger partial charge in [-0.25, -0.2) is 8.78 Å². The molecule has 1 nitrogen and oxygen atoms in total. The molecule has 0 radical (unpaired) electrons. The van der Waals surface area contributed by atoms with Gasteiger partial charge in [-0.3, -0.25) is 0 Å². The predicted octanol–water partition coefficient (Wildman–Crippen LogP) is 10.9. The highest BCUT2D eigenvalue weighted by Crippen LogP contribution is 2.45. The van der Waals surface area contributed by atoms with E-state index in [0.717, 1.165) is 36.2 Å². The van der Waals surface area contributed by atoms with E-state index in [1.165, 1.54) is 70.6 Å². The topological polar surface area (TPSA) is 9.23 Å². The lowest BCUT2D eigenvalue weighted by Crippen LogP contribution is -2.25. The van der Waals surface area contributed by atoms with Crippen molar-refractivity contribution in [3.8, 4) is 28.0 Å². The predicted molar refractivity (Wildman–Crippen MR) is 158 cm³/mol. The molecule has 0 aromatic heterocycles. The van der Waals surface area contributed by atoms with Crippen LogP contribution < -0.4 is 4.74 Å². The molecule has 2 saturated carbocycles. The second kappa shape index (κ2) is 13.1. The van der Waals surface area contributed by atoms with Gasteiger partial charge in [-0.05, 0) is 117 Å². The van der Waals surface area contributed by atoms with Crippen LogP contribution in [0, 0.1) is 35.2 Å². The smallest absolute Gasteiger partial charge is 0.201 e. The lowest BCUT2D eigenvalue weighted by atomic mass is 9.68. The summed E-state index contributed by atoms with van der Waals surface area (Å²) in [7, 11) is 1.30. The molecule has 0 atom stereocenters. The molecule has 0 aliphatic heterocycles. The first kappa shape index (κ1) is 28.5. The van der Waals surface area contributed by atoms with Gasteiger partial charge in [0.25, 0.3) is 0 Å². The zero-order chi connectivity index (χ0) is 28.1. The Bertz CT molecular complexity index is 1300. The second-order valence-electron chi connectivity index (χ2n) is 11.8. The van der Waals surface area contributed by atoms with Crippen molar-refractivity contribution in [3.63, 3.8) is 0 Å². The van der Waals surface area contributed by atoms with E-state index in [2.05, 4.69) is 25.1 Å². The van der Waals surface area contributed by atoms with Gasteiger partial charge in [0, 0.05) is 11.1 Å². The van der Waals surface area contributed by atoms with Gasteiger partial charge in [0.2, 0.25) is 5.82 Å². The summed E-state index contributed by atoms with van der Waals surface area (Å²) >= 11 is 0. The van der Waals surface area contributed by atoms with Crippen molar-refractivity contribution in [1.82, 2.24) is 0 Å². The molecule has 0 N–H and O–H groups in total. The Kier molecular flexibility index (Phi) is 9.34. The van der Waals surface area contributed by atoms with Crippen LogP contribution in [-0.4, -0.2) is 7.11 Å². The van der Waals surface area contributed by atoms with Crippen molar-refractivity contribution in [2.24, 2.45) is 17.8 Å². The van der Waals surface area contributed by atoms with Gasteiger partial charge in [-0.2, -0.15) is 4.39 Å². The average Bonchev–Trinajstić information content (AvgIpc) is 2.99. The summed E-state index contributed by atoms with van der Waals surface area (Å²) in [5.74, 6) is 0.716. The van der Waals surface area contributed by atoms with E-state index in [1.54, 1.807) is 30.3 Å². The third kappa shape index (κ3) is 6.32. The highest BCUT2D eigenvalue weighted by molar-refractivity contribution is 5.71. The summed E-state index contributed by atoms with van der Waals surface area (Å²) in [6, 6.07) is 15.5. The molecule has 0 amide bonds. The van der Waals surface area contributed by atoms with Crippen LogP contribution in [-0.2, 0) is 0 Å². The number of benzene rings is 3. The van der Waals surface area contributed by atoms with E-state index >= 15 is 4.39 Å². The van der Waals surface area contributed by atoms with Crippen LogP contribution in [0.4, 0.5) is 13.2 Å². The fourth-order valence-electron chi connectivity index (χ4n) is 7.13. The summed E-state index contributed by atoms with van der Waals surface area (Å²) in [5.41, 5.74) is 3.01. The van der Waals surface area contributed by atoms with Gasteiger partial charge in [0.05, 0.1) is 7.11 Å². The minimum Gasteiger partial charge on any atom is -0.494 e. The van der Waals surface area contributed by atoms with Crippen molar-refractivity contribution in [3.05, 3.63) is 89.8 Å². The molecule has 2 aliphatic carbocycles. The van der Waals surface area contributed by atoms with Gasteiger partial charge in [0.1, 0.15) is 5.82 Å². The number of halogens is 3. The first-order valence-corrected chi connectivity index (χ1v) is 15.0. The molecule has 0 unspecified atom stereocenters. The van der Waals surface area contributed by atoms with E-state index in [4.69, 9.17) is 4.74 Å². The summed E-state index contributed by atoms with van der Waals surface area (Å²) in [5, 5.41) is 0. The minimum absolute atomic E-state index is 0.133. The fourth-order valence-corrected chi connectivity index (χ4v) is 7.13. The van der Waals surface area contributed by atoms with Crippen molar-refractivity contribution in [2.45, 2.75) is 77.0 Å². The van der Waals surface area contributed by atoms with E-state index in [1.807, 2.05) is 6.07 Å². The Morgan fingerprint density at radius 1 is 0.725 bits per heavy atom. The zero-order valence-corrected chi connectivity index (χ0v) is 23.8. The third-order valence-electron chi connectivity index (χ3n) is 9.55. The molecular formula is C36H41F3O. The molecular weight excluding hydrogens is 505 g/mol. The monoisotopic (exact) mass is 546 g/mol. The third-order valence-corrected chi connectivity index (χ3v) is 9.55. The summed E-state index contributed by atoms with van der Waals surface area (Å²) in [4.78, 5) is 0. The molecule has 2 aliphatic rings. The first-order chi connectivity index (χ1) is 19.5. The average molecular weight is 547 g/mol.